The van der Waals surface area contributed by atoms with Gasteiger partial charge in [-0.2, -0.15) is 0 Å². The zero-order valence-corrected chi connectivity index (χ0v) is 14.8. The minimum atomic E-state index is 0.995. The largest absolute Gasteiger partial charge is 0.372 e. The van der Waals surface area contributed by atoms with Crippen molar-refractivity contribution in [3.05, 3.63) is 54.1 Å². The van der Waals surface area contributed by atoms with Gasteiger partial charge in [-0.3, -0.25) is 4.99 Å². The molecule has 0 atom stereocenters. The zero-order valence-electron chi connectivity index (χ0n) is 14.8. The molecule has 3 heteroatoms. The highest BCUT2D eigenvalue weighted by atomic mass is 15.1. The number of rotatable bonds is 6. The van der Waals surface area contributed by atoms with Gasteiger partial charge in [0, 0.05) is 43.8 Å². The second-order valence-corrected chi connectivity index (χ2v) is 6.23. The van der Waals surface area contributed by atoms with E-state index in [1.165, 1.54) is 37.3 Å². The van der Waals surface area contributed by atoms with Gasteiger partial charge < -0.3 is 9.80 Å². The summed E-state index contributed by atoms with van der Waals surface area (Å²) in [5, 5.41) is 0. The highest BCUT2D eigenvalue weighted by Crippen LogP contribution is 2.21. The van der Waals surface area contributed by atoms with E-state index in [1.54, 1.807) is 0 Å². The molecule has 24 heavy (non-hydrogen) atoms. The van der Waals surface area contributed by atoms with E-state index in [9.17, 15) is 0 Å². The van der Waals surface area contributed by atoms with Crippen LogP contribution in [0.15, 0.2) is 53.5 Å². The number of aliphatic imine (C=N–C) groups is 1. The summed E-state index contributed by atoms with van der Waals surface area (Å²) in [6.45, 7) is 8.80. The maximum atomic E-state index is 4.60. The maximum absolute atomic E-state index is 4.60. The second-order valence-electron chi connectivity index (χ2n) is 6.23. The van der Waals surface area contributed by atoms with Crippen molar-refractivity contribution in [2.75, 3.05) is 36.0 Å². The van der Waals surface area contributed by atoms with Crippen LogP contribution in [0.5, 0.6) is 0 Å². The first-order valence-corrected chi connectivity index (χ1v) is 9.04. The van der Waals surface area contributed by atoms with Gasteiger partial charge >= 0.3 is 0 Å². The lowest BCUT2D eigenvalue weighted by molar-refractivity contribution is 0.866. The first-order chi connectivity index (χ1) is 11.8. The van der Waals surface area contributed by atoms with Crippen LogP contribution in [0.1, 0.15) is 32.3 Å². The Hall–Kier alpha value is -2.29. The summed E-state index contributed by atoms with van der Waals surface area (Å²) >= 11 is 0. The highest BCUT2D eigenvalue weighted by Gasteiger charge is 2.11. The Bertz CT molecular complexity index is 601. The monoisotopic (exact) mass is 321 g/mol. The molecule has 126 valence electrons. The molecule has 3 nitrogen and oxygen atoms in total. The fraction of sp³-hybridized carbons (Fsp3) is 0.381. The molecule has 0 saturated carbocycles. The Kier molecular flexibility index (Phi) is 5.52. The van der Waals surface area contributed by atoms with Crippen LogP contribution in [0, 0.1) is 0 Å². The van der Waals surface area contributed by atoms with Crippen molar-refractivity contribution < 1.29 is 0 Å². The van der Waals surface area contributed by atoms with Crippen molar-refractivity contribution in [3.63, 3.8) is 0 Å². The van der Waals surface area contributed by atoms with Crippen LogP contribution in [-0.4, -0.2) is 32.4 Å². The molecule has 0 radical (unpaired) electrons. The number of hydrogen-bond donors (Lipinski definition) is 0. The van der Waals surface area contributed by atoms with Crippen molar-refractivity contribution in [1.29, 1.82) is 0 Å². The summed E-state index contributed by atoms with van der Waals surface area (Å²) in [6, 6.07) is 17.2. The fourth-order valence-electron chi connectivity index (χ4n) is 3.23. The maximum Gasteiger partial charge on any atom is 0.0631 e. The number of nitrogens with zero attached hydrogens (tertiary/aromatic N) is 3. The van der Waals surface area contributed by atoms with E-state index in [0.717, 1.165) is 24.3 Å². The molecule has 0 N–H and O–H groups in total. The van der Waals surface area contributed by atoms with Crippen LogP contribution < -0.4 is 9.80 Å². The van der Waals surface area contributed by atoms with Gasteiger partial charge in [-0.05, 0) is 68.7 Å². The molecule has 0 spiro atoms. The Morgan fingerprint density at radius 1 is 0.917 bits per heavy atom. The van der Waals surface area contributed by atoms with Crippen LogP contribution >= 0.6 is 0 Å². The molecular formula is C21H27N3. The second kappa shape index (κ2) is 8.00. The van der Waals surface area contributed by atoms with Crippen molar-refractivity contribution in [1.82, 2.24) is 0 Å². The Balaban J connectivity index is 1.64. The van der Waals surface area contributed by atoms with Gasteiger partial charge in [0.05, 0.1) is 5.69 Å². The molecule has 1 aliphatic heterocycles. The molecule has 0 aliphatic carbocycles. The predicted molar refractivity (Wildman–Crippen MR) is 105 cm³/mol. The SMILES string of the molecule is CCN(CC)c1ccc(N=Cc2ccc(N3CCCC3)cc2)cc1. The standard InChI is InChI=1S/C21H27N3/c1-3-23(4-2)20-13-9-19(10-14-20)22-17-18-7-11-21(12-8-18)24-15-5-6-16-24/h7-14,17H,3-6,15-16H2,1-2H3. The lowest BCUT2D eigenvalue weighted by Crippen LogP contribution is -2.21. The van der Waals surface area contributed by atoms with Gasteiger partial charge in [0.25, 0.3) is 0 Å². The third kappa shape index (κ3) is 3.97. The van der Waals surface area contributed by atoms with Crippen molar-refractivity contribution >= 4 is 23.3 Å². The molecule has 1 aliphatic rings. The minimum absolute atomic E-state index is 0.995. The van der Waals surface area contributed by atoms with Crippen LogP contribution in [0.3, 0.4) is 0 Å². The van der Waals surface area contributed by atoms with Gasteiger partial charge in [0.2, 0.25) is 0 Å². The first-order valence-electron chi connectivity index (χ1n) is 9.04. The average Bonchev–Trinajstić information content (AvgIpc) is 3.17. The molecule has 1 heterocycles. The third-order valence-electron chi connectivity index (χ3n) is 4.71. The molecule has 0 amide bonds. The molecule has 3 rings (SSSR count). The smallest absolute Gasteiger partial charge is 0.0631 e. The topological polar surface area (TPSA) is 18.8 Å². The Morgan fingerprint density at radius 3 is 2.12 bits per heavy atom. The molecule has 1 fully saturated rings. The van der Waals surface area contributed by atoms with Crippen LogP contribution in [0.25, 0.3) is 0 Å². The van der Waals surface area contributed by atoms with Gasteiger partial charge in [-0.1, -0.05) is 12.1 Å². The molecule has 2 aromatic rings. The first kappa shape index (κ1) is 16.6. The fourth-order valence-corrected chi connectivity index (χ4v) is 3.23. The average molecular weight is 321 g/mol. The molecule has 0 bridgehead atoms. The normalized spacial score (nSPS) is 14.5. The van der Waals surface area contributed by atoms with Gasteiger partial charge in [-0.15, -0.1) is 0 Å². The Labute approximate surface area is 145 Å². The van der Waals surface area contributed by atoms with E-state index in [2.05, 4.69) is 77.2 Å². The summed E-state index contributed by atoms with van der Waals surface area (Å²) in [5.74, 6) is 0. The van der Waals surface area contributed by atoms with Crippen LogP contribution in [0.4, 0.5) is 17.1 Å². The van der Waals surface area contributed by atoms with Crippen molar-refractivity contribution in [3.8, 4) is 0 Å². The van der Waals surface area contributed by atoms with E-state index in [0.29, 0.717) is 0 Å². The van der Waals surface area contributed by atoms with E-state index in [-0.39, 0.29) is 0 Å². The van der Waals surface area contributed by atoms with Crippen molar-refractivity contribution in [2.24, 2.45) is 4.99 Å². The third-order valence-corrected chi connectivity index (χ3v) is 4.71. The van der Waals surface area contributed by atoms with E-state index in [1.807, 2.05) is 6.21 Å². The summed E-state index contributed by atoms with van der Waals surface area (Å²) in [7, 11) is 0. The molecule has 0 aromatic heterocycles. The highest BCUT2D eigenvalue weighted by molar-refractivity contribution is 5.82. The van der Waals surface area contributed by atoms with Crippen LogP contribution in [-0.2, 0) is 0 Å². The summed E-state index contributed by atoms with van der Waals surface area (Å²) in [4.78, 5) is 9.39. The summed E-state index contributed by atoms with van der Waals surface area (Å²) in [5.41, 5.74) is 4.72. The molecular weight excluding hydrogens is 294 g/mol. The van der Waals surface area contributed by atoms with Gasteiger partial charge in [-0.25, -0.2) is 0 Å². The lowest BCUT2D eigenvalue weighted by Gasteiger charge is -2.20. The predicted octanol–water partition coefficient (Wildman–Crippen LogP) is 4.88. The summed E-state index contributed by atoms with van der Waals surface area (Å²) in [6.07, 6.45) is 4.57. The van der Waals surface area contributed by atoms with Gasteiger partial charge in [0.1, 0.15) is 0 Å². The quantitative estimate of drug-likeness (QED) is 0.706. The number of hydrogen-bond acceptors (Lipinski definition) is 3. The lowest BCUT2D eigenvalue weighted by atomic mass is 10.2. The Morgan fingerprint density at radius 2 is 1.54 bits per heavy atom. The molecule has 2 aromatic carbocycles. The number of benzene rings is 2. The summed E-state index contributed by atoms with van der Waals surface area (Å²) < 4.78 is 0. The van der Waals surface area contributed by atoms with E-state index >= 15 is 0 Å². The van der Waals surface area contributed by atoms with Crippen LogP contribution in [0.2, 0.25) is 0 Å². The van der Waals surface area contributed by atoms with E-state index < -0.39 is 0 Å². The molecule has 0 unspecified atom stereocenters. The van der Waals surface area contributed by atoms with E-state index in [4.69, 9.17) is 0 Å². The minimum Gasteiger partial charge on any atom is -0.372 e. The van der Waals surface area contributed by atoms with Crippen molar-refractivity contribution in [2.45, 2.75) is 26.7 Å². The number of anilines is 2. The zero-order chi connectivity index (χ0) is 16.8. The molecule has 1 saturated heterocycles. The van der Waals surface area contributed by atoms with Gasteiger partial charge in [0.15, 0.2) is 0 Å².